The summed E-state index contributed by atoms with van der Waals surface area (Å²) < 4.78 is 123. The van der Waals surface area contributed by atoms with Crippen molar-refractivity contribution in [1.82, 2.24) is 0 Å². The van der Waals surface area contributed by atoms with Crippen molar-refractivity contribution in [1.29, 1.82) is 0 Å². The fourth-order valence-corrected chi connectivity index (χ4v) is 7.83. The number of benzene rings is 7. The third kappa shape index (κ3) is 16.3. The summed E-state index contributed by atoms with van der Waals surface area (Å²) in [6.07, 6.45) is 0.581. The van der Waals surface area contributed by atoms with Crippen LogP contribution in [0.4, 0.5) is 36.4 Å². The van der Waals surface area contributed by atoms with Crippen LogP contribution >= 0.6 is 15.9 Å². The molecule has 0 radical (unpaired) electrons. The number of anilines is 1. The number of hydrogen-bond donors (Lipinski definition) is 1. The maximum Gasteiger partial charge on any atom is 0.231 e. The van der Waals surface area contributed by atoms with Crippen LogP contribution in [-0.4, -0.2) is 87.5 Å². The van der Waals surface area contributed by atoms with Gasteiger partial charge in [-0.3, -0.25) is 24.0 Å². The number of Topliss-reactive ketones (excluding diaryl/α,β-unsaturated/α-hetero) is 2. The lowest BCUT2D eigenvalue weighted by Crippen LogP contribution is -2.37. The van der Waals surface area contributed by atoms with E-state index in [4.69, 9.17) is 32.9 Å². The number of carbonyl (C=O) groups excluding carboxylic acids is 5. The molecule has 10 rings (SSSR count). The van der Waals surface area contributed by atoms with Gasteiger partial charge in [0.25, 0.3) is 0 Å². The molecule has 3 heterocycles. The summed E-state index contributed by atoms with van der Waals surface area (Å²) in [5.74, 6) is -4.56. The van der Waals surface area contributed by atoms with Crippen LogP contribution < -0.4 is 19.1 Å². The molecule has 0 unspecified atom stereocenters. The molecule has 420 valence electrons. The summed E-state index contributed by atoms with van der Waals surface area (Å²) in [6, 6.07) is 30.5. The number of phenolic OH excluding ortho intramolecular Hbond substituents is 1. The number of ether oxygens (including phenoxy) is 4. The van der Waals surface area contributed by atoms with Gasteiger partial charge in [0, 0.05) is 29.5 Å². The van der Waals surface area contributed by atoms with Gasteiger partial charge in [0.15, 0.2) is 29.4 Å². The highest BCUT2D eigenvalue weighted by molar-refractivity contribution is 9.09. The zero-order valence-electron chi connectivity index (χ0n) is 43.3. The standard InChI is InChI=1S/C20H18FNO4.C16H10F2O3.C8H5BrF2O.C8H6F2O.C8H8O3/c1-24-15-3-5-18-13(10-15)11-19(26-18)20(23)16-12-14(21)2-4-17(16)22-6-8-25-9-7-22;1-20-11-3-5-14-9(6-11)7-15(21-14)16(19)12-8-10(17)2-4-13(12)18;9-4-8(12)6-3-5(10)1-2-7(6)11;1-5(11)7-4-6(9)2-3-8(7)10;1-11-7-2-3-8(10)6(4-7)5-9/h2-5,10-12H,6-9H2,1H3;2-8H,1H3;1-3H,4H2;2-4H,1H3;2-5,10H,1H3. The van der Waals surface area contributed by atoms with E-state index in [1.807, 2.05) is 4.90 Å². The average molecular weight is 1190 g/mol. The first-order valence-corrected chi connectivity index (χ1v) is 25.0. The maximum absolute atomic E-state index is 13.9. The lowest BCUT2D eigenvalue weighted by molar-refractivity contribution is 0.1000. The van der Waals surface area contributed by atoms with E-state index in [9.17, 15) is 54.7 Å². The summed E-state index contributed by atoms with van der Waals surface area (Å²) in [6.45, 7) is 3.66. The predicted molar refractivity (Wildman–Crippen MR) is 289 cm³/mol. The Morgan fingerprint density at radius 3 is 1.43 bits per heavy atom. The van der Waals surface area contributed by atoms with Crippen LogP contribution in [-0.2, 0) is 4.74 Å². The maximum atomic E-state index is 13.9. The Hall–Kier alpha value is -9.08. The fourth-order valence-electron chi connectivity index (χ4n) is 7.53. The van der Waals surface area contributed by atoms with Gasteiger partial charge in [-0.2, -0.15) is 0 Å². The molecule has 81 heavy (non-hydrogen) atoms. The number of hydrogen-bond acceptors (Lipinski definition) is 13. The molecule has 1 saturated heterocycles. The number of carbonyl (C=O) groups is 5. The molecule has 2 aromatic heterocycles. The number of aldehydes is 1. The van der Waals surface area contributed by atoms with Crippen molar-refractivity contribution < 1.29 is 87.6 Å². The fraction of sp³-hybridized carbons (Fsp3) is 0.150. The Kier molecular flexibility index (Phi) is 21.7. The van der Waals surface area contributed by atoms with E-state index in [0.717, 1.165) is 60.0 Å². The van der Waals surface area contributed by atoms with E-state index in [2.05, 4.69) is 15.9 Å². The first-order valence-electron chi connectivity index (χ1n) is 23.9. The van der Waals surface area contributed by atoms with Gasteiger partial charge in [-0.15, -0.1) is 0 Å². The first kappa shape index (κ1) is 61.1. The third-order valence-corrected chi connectivity index (χ3v) is 12.2. The molecule has 1 aliphatic heterocycles. The Labute approximate surface area is 466 Å². The molecule has 1 aliphatic rings. The molecule has 0 saturated carbocycles. The minimum absolute atomic E-state index is 0.00657. The minimum Gasteiger partial charge on any atom is -0.507 e. The molecule has 9 aromatic rings. The van der Waals surface area contributed by atoms with Crippen molar-refractivity contribution in [2.24, 2.45) is 0 Å². The Balaban J connectivity index is 0.000000172. The van der Waals surface area contributed by atoms with Gasteiger partial charge < -0.3 is 37.8 Å². The van der Waals surface area contributed by atoms with Crippen LogP contribution in [0.1, 0.15) is 70.2 Å². The smallest absolute Gasteiger partial charge is 0.231 e. The van der Waals surface area contributed by atoms with Crippen LogP contribution in [0.2, 0.25) is 0 Å². The van der Waals surface area contributed by atoms with Crippen LogP contribution in [0.3, 0.4) is 0 Å². The van der Waals surface area contributed by atoms with E-state index >= 15 is 0 Å². The van der Waals surface area contributed by atoms with Crippen LogP contribution in [0.5, 0.6) is 23.0 Å². The normalized spacial score (nSPS) is 11.5. The highest BCUT2D eigenvalue weighted by Gasteiger charge is 2.24. The van der Waals surface area contributed by atoms with Gasteiger partial charge in [0.05, 0.1) is 67.7 Å². The van der Waals surface area contributed by atoms with Crippen molar-refractivity contribution in [3.8, 4) is 23.0 Å². The van der Waals surface area contributed by atoms with Crippen LogP contribution in [0.25, 0.3) is 21.9 Å². The van der Waals surface area contributed by atoms with Crippen molar-refractivity contribution in [2.45, 2.75) is 6.92 Å². The lowest BCUT2D eigenvalue weighted by atomic mass is 10.0. The monoisotopic (exact) mass is 1190 g/mol. The molecule has 7 aromatic carbocycles. The molecule has 21 heteroatoms. The molecule has 1 fully saturated rings. The highest BCUT2D eigenvalue weighted by Crippen LogP contribution is 2.31. The van der Waals surface area contributed by atoms with Gasteiger partial charge in [-0.05, 0) is 146 Å². The number of fused-ring (bicyclic) bond motifs is 2. The van der Waals surface area contributed by atoms with E-state index in [-0.39, 0.29) is 56.2 Å². The number of alkyl halides is 1. The largest absolute Gasteiger partial charge is 0.507 e. The number of morpholine rings is 1. The van der Waals surface area contributed by atoms with Crippen LogP contribution in [0.15, 0.2) is 148 Å². The van der Waals surface area contributed by atoms with Gasteiger partial charge in [-0.1, -0.05) is 15.9 Å². The summed E-state index contributed by atoms with van der Waals surface area (Å²) >= 11 is 2.87. The van der Waals surface area contributed by atoms with Crippen molar-refractivity contribution in [2.75, 3.05) is 57.9 Å². The van der Waals surface area contributed by atoms with E-state index in [0.29, 0.717) is 72.1 Å². The number of rotatable bonds is 12. The van der Waals surface area contributed by atoms with Crippen LogP contribution in [0, 0.1) is 40.7 Å². The van der Waals surface area contributed by atoms with Gasteiger partial charge in [0.2, 0.25) is 11.6 Å². The Morgan fingerprint density at radius 2 is 0.963 bits per heavy atom. The molecular formula is C60H47BrF7NO12. The molecule has 1 N–H and O–H groups in total. The molecule has 0 atom stereocenters. The molecule has 0 aliphatic carbocycles. The Morgan fingerprint density at radius 1 is 0.543 bits per heavy atom. The number of phenols is 1. The van der Waals surface area contributed by atoms with E-state index in [1.165, 1.54) is 51.5 Å². The molecule has 0 spiro atoms. The lowest BCUT2D eigenvalue weighted by Gasteiger charge is -2.30. The second-order valence-corrected chi connectivity index (χ2v) is 17.5. The summed E-state index contributed by atoms with van der Waals surface area (Å²) in [5.41, 5.74) is 1.49. The first-order chi connectivity index (χ1) is 38.8. The second-order valence-electron chi connectivity index (χ2n) is 17.0. The number of methoxy groups -OCH3 is 3. The molecule has 0 amide bonds. The predicted octanol–water partition coefficient (Wildman–Crippen LogP) is 13.5. The number of halogens is 8. The SMILES string of the molecule is CC(=O)c1cc(F)ccc1F.COc1ccc(O)c(C=O)c1.COc1ccc2oc(C(=O)c3cc(F)ccc3F)cc2c1.COc1ccc2oc(C(=O)c3cc(F)ccc3N3CCOCC3)cc2c1.O=C(CBr)c1cc(F)ccc1F. The number of furan rings is 2. The number of aromatic hydroxyl groups is 1. The van der Waals surface area contributed by atoms with E-state index < -0.39 is 58.1 Å². The molecule has 13 nitrogen and oxygen atoms in total. The summed E-state index contributed by atoms with van der Waals surface area (Å²) in [7, 11) is 4.60. The zero-order valence-corrected chi connectivity index (χ0v) is 44.9. The summed E-state index contributed by atoms with van der Waals surface area (Å²) in [4.78, 5) is 59.1. The number of ketones is 4. The van der Waals surface area contributed by atoms with Crippen molar-refractivity contribution >= 4 is 73.0 Å². The zero-order chi connectivity index (χ0) is 58.9. The minimum atomic E-state index is -0.792. The van der Waals surface area contributed by atoms with Crippen molar-refractivity contribution in [3.05, 3.63) is 220 Å². The topological polar surface area (TPSA) is 172 Å². The van der Waals surface area contributed by atoms with E-state index in [1.54, 1.807) is 61.7 Å². The molecule has 0 bridgehead atoms. The highest BCUT2D eigenvalue weighted by atomic mass is 79.9. The average Bonchev–Trinajstić information content (AvgIpc) is 4.13. The third-order valence-electron chi connectivity index (χ3n) is 11.6. The van der Waals surface area contributed by atoms with Crippen molar-refractivity contribution in [3.63, 3.8) is 0 Å². The quantitative estimate of drug-likeness (QED) is 0.0531. The second kappa shape index (κ2) is 28.7. The van der Waals surface area contributed by atoms with Gasteiger partial charge >= 0.3 is 0 Å². The molecular weight excluding hydrogens is 1140 g/mol. The number of nitrogens with zero attached hydrogens (tertiary/aromatic N) is 1. The summed E-state index contributed by atoms with van der Waals surface area (Å²) in [5, 5.41) is 10.4. The Bertz CT molecular complexity index is 3730. The van der Waals surface area contributed by atoms with Gasteiger partial charge in [-0.25, -0.2) is 30.7 Å². The van der Waals surface area contributed by atoms with Gasteiger partial charge in [0.1, 0.15) is 74.9 Å².